The molecule has 0 aliphatic heterocycles. The highest BCUT2D eigenvalue weighted by molar-refractivity contribution is 5.81. The summed E-state index contributed by atoms with van der Waals surface area (Å²) in [6, 6.07) is 0.159. The molecule has 2 aromatic rings. The molecule has 2 heterocycles. The van der Waals surface area contributed by atoms with Crippen LogP contribution in [-0.4, -0.2) is 31.2 Å². The van der Waals surface area contributed by atoms with Gasteiger partial charge in [-0.2, -0.15) is 0 Å². The highest BCUT2D eigenvalue weighted by atomic mass is 16.3. The minimum atomic E-state index is -0.177. The fourth-order valence-electron chi connectivity index (χ4n) is 3.05. The summed E-state index contributed by atoms with van der Waals surface area (Å²) in [4.78, 5) is 12.6. The van der Waals surface area contributed by atoms with Gasteiger partial charge in [0.1, 0.15) is 11.8 Å². The van der Waals surface area contributed by atoms with E-state index in [0.717, 1.165) is 12.1 Å². The van der Waals surface area contributed by atoms with E-state index in [1.165, 1.54) is 17.5 Å². The molecule has 0 radical (unpaired) electrons. The second-order valence-electron chi connectivity index (χ2n) is 5.83. The Hall–Kier alpha value is -1.95. The summed E-state index contributed by atoms with van der Waals surface area (Å²) in [5, 5.41) is 9.68. The zero-order chi connectivity index (χ0) is 14.5. The standard InChI is InChI=1S/C14H19N5O/c1-8-9(2)14(3,5-20)4-10(8)19-7-18-11-12(15)16-6-17-13(11)19/h6-7,10,20H,4-5H2,1-3H3,(H2,15,16,17)/t10-,14-/m1/s1. The van der Waals surface area contributed by atoms with E-state index >= 15 is 0 Å². The molecule has 2 atom stereocenters. The van der Waals surface area contributed by atoms with Gasteiger partial charge in [0.2, 0.25) is 0 Å². The maximum atomic E-state index is 9.68. The van der Waals surface area contributed by atoms with Crippen molar-refractivity contribution < 1.29 is 5.11 Å². The molecule has 0 saturated carbocycles. The number of anilines is 1. The molecule has 20 heavy (non-hydrogen) atoms. The van der Waals surface area contributed by atoms with Crippen LogP contribution in [0.5, 0.6) is 0 Å². The Kier molecular flexibility index (Phi) is 2.79. The Labute approximate surface area is 117 Å². The van der Waals surface area contributed by atoms with Gasteiger partial charge in [-0.15, -0.1) is 0 Å². The minimum absolute atomic E-state index is 0.149. The normalized spacial score (nSPS) is 26.7. The molecule has 0 bridgehead atoms. The number of imidazole rings is 1. The highest BCUT2D eigenvalue weighted by Gasteiger charge is 2.39. The maximum absolute atomic E-state index is 9.68. The monoisotopic (exact) mass is 273 g/mol. The van der Waals surface area contributed by atoms with Gasteiger partial charge in [-0.3, -0.25) is 0 Å². The molecule has 3 N–H and O–H groups in total. The van der Waals surface area contributed by atoms with E-state index in [1.54, 1.807) is 6.33 Å². The third-order valence-corrected chi connectivity index (χ3v) is 4.71. The van der Waals surface area contributed by atoms with Crippen LogP contribution in [0.15, 0.2) is 23.8 Å². The molecule has 0 aromatic carbocycles. The molecule has 0 spiro atoms. The molecule has 0 unspecified atom stereocenters. The van der Waals surface area contributed by atoms with Crippen LogP contribution in [0.1, 0.15) is 33.2 Å². The first-order valence-corrected chi connectivity index (χ1v) is 6.69. The van der Waals surface area contributed by atoms with Crippen molar-refractivity contribution in [1.82, 2.24) is 19.5 Å². The largest absolute Gasteiger partial charge is 0.395 e. The summed E-state index contributed by atoms with van der Waals surface area (Å²) in [6.07, 6.45) is 4.07. The van der Waals surface area contributed by atoms with Gasteiger partial charge in [-0.05, 0) is 20.3 Å². The van der Waals surface area contributed by atoms with Crippen LogP contribution in [0, 0.1) is 5.41 Å². The fourth-order valence-corrected chi connectivity index (χ4v) is 3.05. The number of hydrogen-bond acceptors (Lipinski definition) is 5. The Balaban J connectivity index is 2.12. The van der Waals surface area contributed by atoms with Crippen molar-refractivity contribution in [3.8, 4) is 0 Å². The summed E-state index contributed by atoms with van der Waals surface area (Å²) in [6.45, 7) is 6.44. The first-order chi connectivity index (χ1) is 9.48. The van der Waals surface area contributed by atoms with E-state index in [2.05, 4.69) is 35.7 Å². The van der Waals surface area contributed by atoms with Gasteiger partial charge in [0.15, 0.2) is 11.5 Å². The molecule has 3 rings (SSSR count). The van der Waals surface area contributed by atoms with Gasteiger partial charge in [0.05, 0.1) is 19.0 Å². The predicted molar refractivity (Wildman–Crippen MR) is 77.0 cm³/mol. The molecule has 6 heteroatoms. The summed E-state index contributed by atoms with van der Waals surface area (Å²) in [5.41, 5.74) is 9.54. The molecule has 1 aliphatic carbocycles. The molecule has 6 nitrogen and oxygen atoms in total. The minimum Gasteiger partial charge on any atom is -0.395 e. The van der Waals surface area contributed by atoms with Crippen molar-refractivity contribution in [2.75, 3.05) is 12.3 Å². The van der Waals surface area contributed by atoms with Crippen LogP contribution in [0.4, 0.5) is 5.82 Å². The van der Waals surface area contributed by atoms with Crippen LogP contribution < -0.4 is 5.73 Å². The van der Waals surface area contributed by atoms with Crippen LogP contribution in [0.25, 0.3) is 11.2 Å². The zero-order valence-corrected chi connectivity index (χ0v) is 12.0. The summed E-state index contributed by atoms with van der Waals surface area (Å²) >= 11 is 0. The van der Waals surface area contributed by atoms with Crippen LogP contribution in [0.3, 0.4) is 0 Å². The van der Waals surface area contributed by atoms with Crippen molar-refractivity contribution in [1.29, 1.82) is 0 Å². The molecule has 106 valence electrons. The Morgan fingerprint density at radius 3 is 2.80 bits per heavy atom. The molecular formula is C14H19N5O. The van der Waals surface area contributed by atoms with Gasteiger partial charge < -0.3 is 15.4 Å². The number of rotatable bonds is 2. The van der Waals surface area contributed by atoms with Crippen molar-refractivity contribution in [3.63, 3.8) is 0 Å². The van der Waals surface area contributed by atoms with Crippen molar-refractivity contribution in [2.24, 2.45) is 5.41 Å². The van der Waals surface area contributed by atoms with Gasteiger partial charge >= 0.3 is 0 Å². The van der Waals surface area contributed by atoms with Crippen molar-refractivity contribution >= 4 is 17.0 Å². The lowest BCUT2D eigenvalue weighted by molar-refractivity contribution is 0.166. The molecule has 0 saturated heterocycles. The number of aliphatic hydroxyl groups excluding tert-OH is 1. The lowest BCUT2D eigenvalue weighted by Crippen LogP contribution is -2.21. The Morgan fingerprint density at radius 2 is 2.15 bits per heavy atom. The maximum Gasteiger partial charge on any atom is 0.165 e. The summed E-state index contributed by atoms with van der Waals surface area (Å²) in [7, 11) is 0. The average molecular weight is 273 g/mol. The lowest BCUT2D eigenvalue weighted by atomic mass is 9.84. The SMILES string of the molecule is CC1=C(C)[C@@](C)(CO)C[C@H]1n1cnc2c(N)ncnc21. The smallest absolute Gasteiger partial charge is 0.165 e. The first kappa shape index (κ1) is 13.1. The molecule has 0 fully saturated rings. The van der Waals surface area contributed by atoms with Crippen LogP contribution in [0.2, 0.25) is 0 Å². The topological polar surface area (TPSA) is 89.8 Å². The third-order valence-electron chi connectivity index (χ3n) is 4.71. The van der Waals surface area contributed by atoms with Crippen LogP contribution in [-0.2, 0) is 0 Å². The Morgan fingerprint density at radius 1 is 1.40 bits per heavy atom. The van der Waals surface area contributed by atoms with Crippen molar-refractivity contribution in [2.45, 2.75) is 33.2 Å². The number of aromatic nitrogens is 4. The van der Waals surface area contributed by atoms with E-state index in [0.29, 0.717) is 11.3 Å². The number of nitrogens with zero attached hydrogens (tertiary/aromatic N) is 4. The highest BCUT2D eigenvalue weighted by Crippen LogP contribution is 2.48. The van der Waals surface area contributed by atoms with E-state index in [4.69, 9.17) is 5.73 Å². The average Bonchev–Trinajstić information content (AvgIpc) is 2.96. The van der Waals surface area contributed by atoms with E-state index in [9.17, 15) is 5.11 Å². The van der Waals surface area contributed by atoms with Gasteiger partial charge in [-0.25, -0.2) is 15.0 Å². The van der Waals surface area contributed by atoms with E-state index in [1.807, 2.05) is 4.57 Å². The van der Waals surface area contributed by atoms with Crippen LogP contribution >= 0.6 is 0 Å². The lowest BCUT2D eigenvalue weighted by Gasteiger charge is -2.24. The third kappa shape index (κ3) is 1.64. The fraction of sp³-hybridized carbons (Fsp3) is 0.500. The summed E-state index contributed by atoms with van der Waals surface area (Å²) < 4.78 is 2.03. The number of allylic oxidation sites excluding steroid dienone is 1. The molecule has 2 aromatic heterocycles. The molecule has 0 amide bonds. The van der Waals surface area contributed by atoms with Crippen molar-refractivity contribution in [3.05, 3.63) is 23.8 Å². The number of nitrogens with two attached hydrogens (primary N) is 1. The molecular weight excluding hydrogens is 254 g/mol. The van der Waals surface area contributed by atoms with Gasteiger partial charge in [0.25, 0.3) is 0 Å². The number of nitrogen functional groups attached to an aromatic ring is 1. The van der Waals surface area contributed by atoms with Gasteiger partial charge in [-0.1, -0.05) is 18.1 Å². The first-order valence-electron chi connectivity index (χ1n) is 6.69. The van der Waals surface area contributed by atoms with Gasteiger partial charge in [0, 0.05) is 5.41 Å². The number of fused-ring (bicyclic) bond motifs is 1. The zero-order valence-electron chi connectivity index (χ0n) is 12.0. The number of hydrogen-bond donors (Lipinski definition) is 2. The second-order valence-corrected chi connectivity index (χ2v) is 5.83. The van der Waals surface area contributed by atoms with E-state index < -0.39 is 0 Å². The van der Waals surface area contributed by atoms with E-state index in [-0.39, 0.29) is 18.1 Å². The number of aliphatic hydroxyl groups is 1. The predicted octanol–water partition coefficient (Wildman–Crippen LogP) is 1.69. The summed E-state index contributed by atoms with van der Waals surface area (Å²) in [5.74, 6) is 0.398. The quantitative estimate of drug-likeness (QED) is 0.813. The molecule has 1 aliphatic rings. The Bertz CT molecular complexity index is 705. The second kappa shape index (κ2) is 4.28.